The maximum Gasteiger partial charge on any atom is 0.307 e. The fraction of sp³-hybridized carbons (Fsp3) is 0.100. The van der Waals surface area contributed by atoms with Gasteiger partial charge in [-0.1, -0.05) is 18.2 Å². The summed E-state index contributed by atoms with van der Waals surface area (Å²) in [5.41, 5.74) is 6.42. The summed E-state index contributed by atoms with van der Waals surface area (Å²) in [6, 6.07) is 3.97. The lowest BCUT2D eigenvalue weighted by Crippen LogP contribution is -1.92. The molecule has 0 amide bonds. The van der Waals surface area contributed by atoms with E-state index in [1.54, 1.807) is 6.08 Å². The molecular weight excluding hydrogens is 185 g/mol. The summed E-state index contributed by atoms with van der Waals surface area (Å²) >= 11 is 0. The molecule has 1 aromatic rings. The first kappa shape index (κ1) is 10.2. The fourth-order valence-corrected chi connectivity index (χ4v) is 0.984. The van der Waals surface area contributed by atoms with Crippen molar-refractivity contribution in [1.29, 1.82) is 0 Å². The molecule has 0 saturated heterocycles. The van der Waals surface area contributed by atoms with E-state index in [2.05, 4.69) is 0 Å². The van der Waals surface area contributed by atoms with Crippen molar-refractivity contribution in [3.63, 3.8) is 0 Å². The molecule has 0 bridgehead atoms. The summed E-state index contributed by atoms with van der Waals surface area (Å²) in [5.74, 6) is -1.32. The molecule has 4 heteroatoms. The monoisotopic (exact) mass is 195 g/mol. The van der Waals surface area contributed by atoms with Crippen LogP contribution in [0.2, 0.25) is 0 Å². The number of hydrogen-bond acceptors (Lipinski definition) is 2. The molecule has 0 heterocycles. The highest BCUT2D eigenvalue weighted by Crippen LogP contribution is 2.14. The number of carboxylic acid groups (broad SMARTS) is 1. The van der Waals surface area contributed by atoms with Crippen LogP contribution < -0.4 is 5.73 Å². The van der Waals surface area contributed by atoms with Crippen molar-refractivity contribution in [2.24, 2.45) is 0 Å². The number of rotatable bonds is 3. The molecule has 0 aliphatic heterocycles. The number of aliphatic carboxylic acids is 1. The van der Waals surface area contributed by atoms with Gasteiger partial charge in [-0.2, -0.15) is 0 Å². The van der Waals surface area contributed by atoms with E-state index in [1.165, 1.54) is 24.3 Å². The van der Waals surface area contributed by atoms with Gasteiger partial charge in [0, 0.05) is 5.69 Å². The van der Waals surface area contributed by atoms with Crippen LogP contribution in [0.15, 0.2) is 24.3 Å². The van der Waals surface area contributed by atoms with E-state index >= 15 is 0 Å². The largest absolute Gasteiger partial charge is 0.481 e. The van der Waals surface area contributed by atoms with E-state index in [9.17, 15) is 9.18 Å². The Morgan fingerprint density at radius 2 is 2.29 bits per heavy atom. The van der Waals surface area contributed by atoms with Crippen LogP contribution in [0.5, 0.6) is 0 Å². The Morgan fingerprint density at radius 3 is 2.86 bits per heavy atom. The number of carbonyl (C=O) groups is 1. The van der Waals surface area contributed by atoms with Gasteiger partial charge in [0.15, 0.2) is 0 Å². The summed E-state index contributed by atoms with van der Waals surface area (Å²) in [6.07, 6.45) is 2.95. The summed E-state index contributed by atoms with van der Waals surface area (Å²) in [4.78, 5) is 10.2. The van der Waals surface area contributed by atoms with E-state index in [-0.39, 0.29) is 6.42 Å². The van der Waals surface area contributed by atoms with Gasteiger partial charge in [-0.05, 0) is 17.7 Å². The molecular formula is C10H10FNO2. The van der Waals surface area contributed by atoms with Gasteiger partial charge in [-0.25, -0.2) is 4.39 Å². The normalized spacial score (nSPS) is 10.6. The smallest absolute Gasteiger partial charge is 0.307 e. The minimum atomic E-state index is -0.915. The summed E-state index contributed by atoms with van der Waals surface area (Å²) < 4.78 is 12.6. The topological polar surface area (TPSA) is 63.3 Å². The maximum atomic E-state index is 12.6. The van der Waals surface area contributed by atoms with E-state index in [0.29, 0.717) is 11.3 Å². The fourth-order valence-electron chi connectivity index (χ4n) is 0.984. The van der Waals surface area contributed by atoms with Gasteiger partial charge in [0.05, 0.1) is 6.42 Å². The Bertz CT molecular complexity index is 374. The highest BCUT2D eigenvalue weighted by molar-refractivity contribution is 5.72. The average Bonchev–Trinajstić information content (AvgIpc) is 2.08. The number of hydrogen-bond donors (Lipinski definition) is 2. The van der Waals surface area contributed by atoms with Gasteiger partial charge in [0.25, 0.3) is 0 Å². The number of carboxylic acids is 1. The first-order valence-electron chi connectivity index (χ1n) is 4.03. The van der Waals surface area contributed by atoms with Crippen LogP contribution in [0.1, 0.15) is 12.0 Å². The molecule has 3 N–H and O–H groups in total. The van der Waals surface area contributed by atoms with Crippen LogP contribution in [0.3, 0.4) is 0 Å². The van der Waals surface area contributed by atoms with Crippen molar-refractivity contribution in [2.75, 3.05) is 5.73 Å². The average molecular weight is 195 g/mol. The molecule has 3 nitrogen and oxygen atoms in total. The maximum absolute atomic E-state index is 12.6. The van der Waals surface area contributed by atoms with Gasteiger partial charge >= 0.3 is 5.97 Å². The predicted octanol–water partition coefficient (Wildman–Crippen LogP) is 1.90. The van der Waals surface area contributed by atoms with Crippen LogP contribution in [0, 0.1) is 5.82 Å². The standard InChI is InChI=1S/C10H10FNO2/c11-8-5-4-7(9(12)6-8)2-1-3-10(13)14/h1-2,4-6H,3,12H2,(H,13,14). The SMILES string of the molecule is Nc1cc(F)ccc1C=CCC(=O)O. The first-order valence-corrected chi connectivity index (χ1v) is 4.03. The van der Waals surface area contributed by atoms with Crippen LogP contribution in [-0.4, -0.2) is 11.1 Å². The Balaban J connectivity index is 2.76. The molecule has 0 saturated carbocycles. The highest BCUT2D eigenvalue weighted by atomic mass is 19.1. The predicted molar refractivity (Wildman–Crippen MR) is 52.1 cm³/mol. The third kappa shape index (κ3) is 2.90. The molecule has 1 aromatic carbocycles. The molecule has 0 radical (unpaired) electrons. The summed E-state index contributed by atoms with van der Waals surface area (Å²) in [6.45, 7) is 0. The van der Waals surface area contributed by atoms with Crippen molar-refractivity contribution < 1.29 is 14.3 Å². The van der Waals surface area contributed by atoms with Gasteiger partial charge in [-0.15, -0.1) is 0 Å². The van der Waals surface area contributed by atoms with Crippen molar-refractivity contribution in [3.05, 3.63) is 35.7 Å². The molecule has 1 rings (SSSR count). The van der Waals surface area contributed by atoms with Crippen LogP contribution >= 0.6 is 0 Å². The molecule has 0 aromatic heterocycles. The zero-order valence-corrected chi connectivity index (χ0v) is 7.40. The van der Waals surface area contributed by atoms with E-state index in [0.717, 1.165) is 0 Å². The molecule has 0 aliphatic carbocycles. The van der Waals surface area contributed by atoms with E-state index in [4.69, 9.17) is 10.8 Å². The van der Waals surface area contributed by atoms with Crippen LogP contribution in [0.4, 0.5) is 10.1 Å². The molecule has 14 heavy (non-hydrogen) atoms. The Labute approximate surface area is 80.7 Å². The molecule has 0 fully saturated rings. The lowest BCUT2D eigenvalue weighted by Gasteiger charge is -1.99. The molecule has 0 aliphatic rings. The molecule has 0 spiro atoms. The third-order valence-electron chi connectivity index (χ3n) is 1.64. The zero-order valence-electron chi connectivity index (χ0n) is 7.40. The van der Waals surface area contributed by atoms with Gasteiger partial charge in [-0.3, -0.25) is 4.79 Å². The number of anilines is 1. The Hall–Kier alpha value is -1.84. The quantitative estimate of drug-likeness (QED) is 0.724. The second-order valence-electron chi connectivity index (χ2n) is 2.77. The lowest BCUT2D eigenvalue weighted by atomic mass is 10.1. The van der Waals surface area contributed by atoms with Crippen LogP contribution in [0.25, 0.3) is 6.08 Å². The van der Waals surface area contributed by atoms with Crippen molar-refractivity contribution in [1.82, 2.24) is 0 Å². The van der Waals surface area contributed by atoms with Crippen molar-refractivity contribution >= 4 is 17.7 Å². The zero-order chi connectivity index (χ0) is 10.6. The number of nitrogen functional groups attached to an aromatic ring is 1. The molecule has 0 atom stereocenters. The second-order valence-corrected chi connectivity index (χ2v) is 2.77. The van der Waals surface area contributed by atoms with Crippen molar-refractivity contribution in [3.8, 4) is 0 Å². The Kier molecular flexibility index (Phi) is 3.23. The van der Waals surface area contributed by atoms with Gasteiger partial charge in [0.1, 0.15) is 5.82 Å². The van der Waals surface area contributed by atoms with Gasteiger partial charge in [0.2, 0.25) is 0 Å². The second kappa shape index (κ2) is 4.41. The summed E-state index contributed by atoms with van der Waals surface area (Å²) in [5, 5.41) is 8.36. The Morgan fingerprint density at radius 1 is 1.57 bits per heavy atom. The number of benzene rings is 1. The third-order valence-corrected chi connectivity index (χ3v) is 1.64. The minimum absolute atomic E-state index is 0.0726. The molecule has 0 unspecified atom stereocenters. The number of halogens is 1. The van der Waals surface area contributed by atoms with Crippen LogP contribution in [-0.2, 0) is 4.79 Å². The lowest BCUT2D eigenvalue weighted by molar-refractivity contribution is -0.135. The highest BCUT2D eigenvalue weighted by Gasteiger charge is 1.97. The summed E-state index contributed by atoms with van der Waals surface area (Å²) in [7, 11) is 0. The van der Waals surface area contributed by atoms with Gasteiger partial charge < -0.3 is 10.8 Å². The van der Waals surface area contributed by atoms with E-state index in [1.807, 2.05) is 0 Å². The minimum Gasteiger partial charge on any atom is -0.481 e. The molecule has 74 valence electrons. The first-order chi connectivity index (χ1) is 6.59. The number of nitrogens with two attached hydrogens (primary N) is 1. The van der Waals surface area contributed by atoms with E-state index < -0.39 is 11.8 Å². The van der Waals surface area contributed by atoms with Crippen molar-refractivity contribution in [2.45, 2.75) is 6.42 Å².